The quantitative estimate of drug-likeness (QED) is 0.706. The minimum absolute atomic E-state index is 0.0237. The Balaban J connectivity index is 1.59. The third-order valence-corrected chi connectivity index (χ3v) is 4.73. The van der Waals surface area contributed by atoms with Crippen molar-refractivity contribution < 1.29 is 4.79 Å². The molecule has 26 heavy (non-hydrogen) atoms. The molecule has 2 heterocycles. The third-order valence-electron chi connectivity index (χ3n) is 4.47. The van der Waals surface area contributed by atoms with E-state index in [9.17, 15) is 4.79 Å². The molecule has 0 spiro atoms. The Kier molecular flexibility index (Phi) is 4.59. The summed E-state index contributed by atoms with van der Waals surface area (Å²) >= 11 is 5.92. The van der Waals surface area contributed by atoms with Crippen LogP contribution >= 0.6 is 11.6 Å². The van der Waals surface area contributed by atoms with E-state index < -0.39 is 0 Å². The van der Waals surface area contributed by atoms with Crippen molar-refractivity contribution in [1.82, 2.24) is 4.98 Å². The first kappa shape index (κ1) is 16.6. The molecule has 5 heteroatoms. The molecule has 0 radical (unpaired) electrons. The lowest BCUT2D eigenvalue weighted by molar-refractivity contribution is 0.0985. The van der Waals surface area contributed by atoms with Crippen LogP contribution in [0.3, 0.4) is 0 Å². The van der Waals surface area contributed by atoms with E-state index in [1.54, 1.807) is 12.4 Å². The second kappa shape index (κ2) is 7.18. The van der Waals surface area contributed by atoms with Gasteiger partial charge in [-0.05, 0) is 54.8 Å². The van der Waals surface area contributed by atoms with E-state index in [1.807, 2.05) is 53.4 Å². The molecule has 3 aromatic rings. The van der Waals surface area contributed by atoms with Gasteiger partial charge in [0.05, 0.1) is 17.4 Å². The lowest BCUT2D eigenvalue weighted by Gasteiger charge is -2.29. The Morgan fingerprint density at radius 1 is 1.04 bits per heavy atom. The van der Waals surface area contributed by atoms with Crippen LogP contribution < -0.4 is 10.2 Å². The Labute approximate surface area is 157 Å². The van der Waals surface area contributed by atoms with Gasteiger partial charge in [-0.2, -0.15) is 0 Å². The van der Waals surface area contributed by atoms with Crippen LogP contribution in [0.2, 0.25) is 5.02 Å². The van der Waals surface area contributed by atoms with Crippen molar-refractivity contribution in [3.63, 3.8) is 0 Å². The van der Waals surface area contributed by atoms with Crippen molar-refractivity contribution >= 4 is 34.6 Å². The fraction of sp³-hybridized carbons (Fsp3) is 0.143. The second-order valence-corrected chi connectivity index (χ2v) is 6.72. The number of hydrogen-bond donors (Lipinski definition) is 1. The van der Waals surface area contributed by atoms with Crippen LogP contribution in [0.5, 0.6) is 0 Å². The molecule has 4 rings (SSSR count). The van der Waals surface area contributed by atoms with E-state index in [2.05, 4.69) is 16.4 Å². The molecule has 1 aliphatic heterocycles. The Morgan fingerprint density at radius 2 is 1.85 bits per heavy atom. The van der Waals surface area contributed by atoms with E-state index in [-0.39, 0.29) is 5.91 Å². The number of nitrogens with one attached hydrogen (secondary N) is 1. The summed E-state index contributed by atoms with van der Waals surface area (Å²) in [5.74, 6) is -0.0237. The van der Waals surface area contributed by atoms with Crippen LogP contribution in [0.1, 0.15) is 22.3 Å². The molecule has 0 bridgehead atoms. The van der Waals surface area contributed by atoms with Gasteiger partial charge in [-0.15, -0.1) is 0 Å². The first-order chi connectivity index (χ1) is 12.7. The summed E-state index contributed by atoms with van der Waals surface area (Å²) in [5, 5.41) is 3.94. The summed E-state index contributed by atoms with van der Waals surface area (Å²) in [6.45, 7) is 0.727. The third kappa shape index (κ3) is 3.41. The minimum atomic E-state index is -0.0237. The predicted octanol–water partition coefficient (Wildman–Crippen LogP) is 5.07. The predicted molar refractivity (Wildman–Crippen MR) is 105 cm³/mol. The number of carbonyl (C=O) groups is 1. The van der Waals surface area contributed by atoms with Crippen LogP contribution in [0.4, 0.5) is 17.1 Å². The number of pyridine rings is 1. The topological polar surface area (TPSA) is 45.2 Å². The number of halogens is 1. The van der Waals surface area contributed by atoms with Crippen LogP contribution in [0, 0.1) is 0 Å². The summed E-state index contributed by atoms with van der Waals surface area (Å²) in [6, 6.07) is 17.3. The average Bonchev–Trinajstić information content (AvgIpc) is 2.69. The first-order valence-electron chi connectivity index (χ1n) is 8.58. The maximum absolute atomic E-state index is 13.1. The van der Waals surface area contributed by atoms with Crippen molar-refractivity contribution in [2.45, 2.75) is 12.8 Å². The Morgan fingerprint density at radius 3 is 2.69 bits per heavy atom. The number of anilines is 3. The van der Waals surface area contributed by atoms with E-state index >= 15 is 0 Å². The molecule has 0 saturated heterocycles. The molecule has 0 unspecified atom stereocenters. The number of amides is 1. The maximum atomic E-state index is 13.1. The van der Waals surface area contributed by atoms with Gasteiger partial charge >= 0.3 is 0 Å². The molecule has 0 fully saturated rings. The largest absolute Gasteiger partial charge is 0.354 e. The van der Waals surface area contributed by atoms with Crippen LogP contribution in [0.15, 0.2) is 67.0 Å². The average molecular weight is 364 g/mol. The number of rotatable bonds is 3. The van der Waals surface area contributed by atoms with E-state index in [4.69, 9.17) is 11.6 Å². The van der Waals surface area contributed by atoms with Crippen molar-refractivity contribution in [3.05, 3.63) is 83.1 Å². The van der Waals surface area contributed by atoms with Gasteiger partial charge in [-0.1, -0.05) is 29.8 Å². The molecule has 0 atom stereocenters. The number of carbonyl (C=O) groups excluding carboxylic acids is 1. The van der Waals surface area contributed by atoms with Gasteiger partial charge < -0.3 is 10.2 Å². The SMILES string of the molecule is O=C(c1cncc(Nc2ccc(Cl)cc2)c1)N1CCCc2ccccc21. The number of fused-ring (bicyclic) bond motifs is 1. The zero-order valence-corrected chi connectivity index (χ0v) is 14.9. The second-order valence-electron chi connectivity index (χ2n) is 6.28. The molecule has 0 aliphatic carbocycles. The molecule has 1 aromatic heterocycles. The van der Waals surface area contributed by atoms with E-state index in [0.717, 1.165) is 36.4 Å². The summed E-state index contributed by atoms with van der Waals surface area (Å²) < 4.78 is 0. The molecule has 4 nitrogen and oxygen atoms in total. The van der Waals surface area contributed by atoms with Gasteiger partial charge in [-0.25, -0.2) is 0 Å². The number of para-hydroxylation sites is 1. The summed E-state index contributed by atoms with van der Waals surface area (Å²) in [4.78, 5) is 19.1. The van der Waals surface area contributed by atoms with Crippen molar-refractivity contribution in [3.8, 4) is 0 Å². The van der Waals surface area contributed by atoms with Gasteiger partial charge in [0.25, 0.3) is 5.91 Å². The molecule has 130 valence electrons. The molecule has 2 aromatic carbocycles. The van der Waals surface area contributed by atoms with Crippen LogP contribution in [-0.2, 0) is 6.42 Å². The number of aryl methyl sites for hydroxylation is 1. The highest BCUT2D eigenvalue weighted by Gasteiger charge is 2.23. The normalized spacial score (nSPS) is 13.2. The van der Waals surface area contributed by atoms with Crippen LogP contribution in [0.25, 0.3) is 0 Å². The zero-order chi connectivity index (χ0) is 17.9. The van der Waals surface area contributed by atoms with Gasteiger partial charge in [0.2, 0.25) is 0 Å². The highest BCUT2D eigenvalue weighted by molar-refractivity contribution is 6.30. The minimum Gasteiger partial charge on any atom is -0.354 e. The highest BCUT2D eigenvalue weighted by atomic mass is 35.5. The zero-order valence-electron chi connectivity index (χ0n) is 14.2. The lowest BCUT2D eigenvalue weighted by Crippen LogP contribution is -2.35. The standard InChI is InChI=1S/C21H18ClN3O/c22-17-7-9-18(10-8-17)24-19-12-16(13-23-14-19)21(26)25-11-3-5-15-4-1-2-6-20(15)25/h1-2,4,6-10,12-14,24H,3,5,11H2. The van der Waals surface area contributed by atoms with Gasteiger partial charge in [0.15, 0.2) is 0 Å². The Bertz CT molecular complexity index is 940. The number of hydrogen-bond acceptors (Lipinski definition) is 3. The number of aromatic nitrogens is 1. The van der Waals surface area contributed by atoms with Crippen molar-refractivity contribution in [2.24, 2.45) is 0 Å². The first-order valence-corrected chi connectivity index (χ1v) is 8.96. The molecular formula is C21H18ClN3O. The smallest absolute Gasteiger partial charge is 0.259 e. The summed E-state index contributed by atoms with van der Waals surface area (Å²) in [6.07, 6.45) is 5.30. The number of nitrogens with zero attached hydrogens (tertiary/aromatic N) is 2. The highest BCUT2D eigenvalue weighted by Crippen LogP contribution is 2.28. The molecule has 1 aliphatic rings. The van der Waals surface area contributed by atoms with E-state index in [1.165, 1.54) is 5.56 Å². The molecule has 1 amide bonds. The van der Waals surface area contributed by atoms with E-state index in [0.29, 0.717) is 10.6 Å². The monoisotopic (exact) mass is 363 g/mol. The maximum Gasteiger partial charge on any atom is 0.259 e. The van der Waals surface area contributed by atoms with Crippen molar-refractivity contribution in [2.75, 3.05) is 16.8 Å². The van der Waals surface area contributed by atoms with Gasteiger partial charge in [0, 0.05) is 29.1 Å². The fourth-order valence-corrected chi connectivity index (χ4v) is 3.35. The van der Waals surface area contributed by atoms with Crippen molar-refractivity contribution in [1.29, 1.82) is 0 Å². The van der Waals surface area contributed by atoms with Gasteiger partial charge in [0.1, 0.15) is 0 Å². The number of benzene rings is 2. The summed E-state index contributed by atoms with van der Waals surface area (Å²) in [5.41, 5.74) is 4.45. The lowest BCUT2D eigenvalue weighted by atomic mass is 10.0. The fourth-order valence-electron chi connectivity index (χ4n) is 3.23. The molecule has 0 saturated carbocycles. The molecule has 1 N–H and O–H groups in total. The van der Waals surface area contributed by atoms with Gasteiger partial charge in [-0.3, -0.25) is 9.78 Å². The van der Waals surface area contributed by atoms with Crippen LogP contribution in [-0.4, -0.2) is 17.4 Å². The Hall–Kier alpha value is -2.85. The molecular weight excluding hydrogens is 346 g/mol. The summed E-state index contributed by atoms with van der Waals surface area (Å²) in [7, 11) is 0.